The van der Waals surface area contributed by atoms with E-state index in [0.29, 0.717) is 6.04 Å². The summed E-state index contributed by atoms with van der Waals surface area (Å²) >= 11 is 0. The van der Waals surface area contributed by atoms with Crippen molar-refractivity contribution < 1.29 is 4.74 Å². The third-order valence-corrected chi connectivity index (χ3v) is 4.49. The van der Waals surface area contributed by atoms with Crippen molar-refractivity contribution in [2.75, 3.05) is 13.7 Å². The second kappa shape index (κ2) is 7.68. The number of rotatable bonds is 6. The zero-order valence-corrected chi connectivity index (χ0v) is 13.3. The zero-order valence-electron chi connectivity index (χ0n) is 13.3. The molecule has 2 heteroatoms. The lowest BCUT2D eigenvalue weighted by Crippen LogP contribution is -2.35. The molecule has 0 bridgehead atoms. The molecule has 0 radical (unpaired) electrons. The Morgan fingerprint density at radius 3 is 2.30 bits per heavy atom. The van der Waals surface area contributed by atoms with Crippen LogP contribution in [0.1, 0.15) is 51.5 Å². The highest BCUT2D eigenvalue weighted by molar-refractivity contribution is 5.27. The average molecular weight is 275 g/mol. The van der Waals surface area contributed by atoms with Crippen molar-refractivity contribution in [1.29, 1.82) is 0 Å². The molecule has 1 aliphatic carbocycles. The summed E-state index contributed by atoms with van der Waals surface area (Å²) in [5, 5.41) is 0. The first-order valence-corrected chi connectivity index (χ1v) is 8.06. The molecule has 2 rings (SSSR count). The molecule has 0 saturated heterocycles. The van der Waals surface area contributed by atoms with Crippen molar-refractivity contribution in [1.82, 2.24) is 4.90 Å². The van der Waals surface area contributed by atoms with Crippen LogP contribution in [0.15, 0.2) is 24.3 Å². The average Bonchev–Trinajstić information content (AvgIpc) is 2.48. The number of benzene rings is 1. The fourth-order valence-corrected chi connectivity index (χ4v) is 3.12. The fraction of sp³-hybridized carbons (Fsp3) is 0.667. The minimum absolute atomic E-state index is 0.610. The summed E-state index contributed by atoms with van der Waals surface area (Å²) < 4.78 is 5.23. The second-order valence-corrected chi connectivity index (χ2v) is 6.38. The van der Waals surface area contributed by atoms with Gasteiger partial charge >= 0.3 is 0 Å². The van der Waals surface area contributed by atoms with Gasteiger partial charge in [-0.25, -0.2) is 0 Å². The van der Waals surface area contributed by atoms with Crippen molar-refractivity contribution in [3.8, 4) is 5.75 Å². The van der Waals surface area contributed by atoms with Gasteiger partial charge in [0.2, 0.25) is 0 Å². The number of nitrogens with zero attached hydrogens (tertiary/aromatic N) is 1. The first-order chi connectivity index (χ1) is 9.69. The van der Waals surface area contributed by atoms with Crippen LogP contribution in [-0.2, 0) is 6.54 Å². The lowest BCUT2D eigenvalue weighted by molar-refractivity contribution is 0.158. The smallest absolute Gasteiger partial charge is 0.118 e. The van der Waals surface area contributed by atoms with Crippen molar-refractivity contribution in [2.24, 2.45) is 5.92 Å². The maximum Gasteiger partial charge on any atom is 0.118 e. The molecule has 0 unspecified atom stereocenters. The molecule has 1 aliphatic rings. The Hall–Kier alpha value is -1.02. The van der Waals surface area contributed by atoms with Gasteiger partial charge in [0.05, 0.1) is 7.11 Å². The van der Waals surface area contributed by atoms with Crippen molar-refractivity contribution in [2.45, 2.75) is 58.5 Å². The molecule has 0 heterocycles. The molecule has 1 aromatic carbocycles. The van der Waals surface area contributed by atoms with Crippen LogP contribution < -0.4 is 4.74 Å². The quantitative estimate of drug-likeness (QED) is 0.758. The van der Waals surface area contributed by atoms with E-state index in [2.05, 4.69) is 43.0 Å². The normalized spacial score (nSPS) is 16.9. The Labute approximate surface area is 124 Å². The van der Waals surface area contributed by atoms with Gasteiger partial charge in [-0.2, -0.15) is 0 Å². The predicted molar refractivity (Wildman–Crippen MR) is 85.1 cm³/mol. The van der Waals surface area contributed by atoms with Crippen LogP contribution in [0.5, 0.6) is 5.75 Å². The Morgan fingerprint density at radius 2 is 1.75 bits per heavy atom. The lowest BCUT2D eigenvalue weighted by Gasteiger charge is -2.32. The molecule has 112 valence electrons. The van der Waals surface area contributed by atoms with E-state index in [1.54, 1.807) is 7.11 Å². The number of hydrogen-bond donors (Lipinski definition) is 0. The van der Waals surface area contributed by atoms with E-state index in [4.69, 9.17) is 4.74 Å². The van der Waals surface area contributed by atoms with Crippen molar-refractivity contribution >= 4 is 0 Å². The predicted octanol–water partition coefficient (Wildman–Crippen LogP) is 4.49. The fourth-order valence-electron chi connectivity index (χ4n) is 3.12. The number of ether oxygens (including phenoxy) is 1. The summed E-state index contributed by atoms with van der Waals surface area (Å²) in [6.45, 7) is 6.93. The topological polar surface area (TPSA) is 12.5 Å². The first-order valence-electron chi connectivity index (χ1n) is 8.06. The summed E-state index contributed by atoms with van der Waals surface area (Å²) in [7, 11) is 1.72. The Balaban J connectivity index is 1.93. The highest BCUT2D eigenvalue weighted by atomic mass is 16.5. The van der Waals surface area contributed by atoms with Crippen LogP contribution >= 0.6 is 0 Å². The molecule has 20 heavy (non-hydrogen) atoms. The first kappa shape index (κ1) is 15.4. The van der Waals surface area contributed by atoms with E-state index in [9.17, 15) is 0 Å². The van der Waals surface area contributed by atoms with Crippen LogP contribution in [0.2, 0.25) is 0 Å². The standard InChI is InChI=1S/C18H29NO/c1-15(2)19(13-16-7-5-4-6-8-16)14-17-9-11-18(20-3)12-10-17/h9-12,15-16H,4-8,13-14H2,1-3H3. The molecule has 1 fully saturated rings. The van der Waals surface area contributed by atoms with Gasteiger partial charge in [-0.05, 0) is 50.3 Å². The van der Waals surface area contributed by atoms with Gasteiger partial charge in [0.1, 0.15) is 5.75 Å². The highest BCUT2D eigenvalue weighted by Gasteiger charge is 2.19. The Morgan fingerprint density at radius 1 is 1.10 bits per heavy atom. The third-order valence-electron chi connectivity index (χ3n) is 4.49. The van der Waals surface area contributed by atoms with Crippen LogP contribution in [0.25, 0.3) is 0 Å². The molecular weight excluding hydrogens is 246 g/mol. The van der Waals surface area contributed by atoms with E-state index >= 15 is 0 Å². The van der Waals surface area contributed by atoms with Gasteiger partial charge < -0.3 is 4.74 Å². The van der Waals surface area contributed by atoms with E-state index in [-0.39, 0.29) is 0 Å². The molecule has 0 aliphatic heterocycles. The van der Waals surface area contributed by atoms with Crippen LogP contribution in [-0.4, -0.2) is 24.6 Å². The molecule has 0 aromatic heterocycles. The van der Waals surface area contributed by atoms with E-state index in [1.165, 1.54) is 44.2 Å². The maximum absolute atomic E-state index is 5.23. The molecule has 1 saturated carbocycles. The minimum atomic E-state index is 0.610. The Bertz CT molecular complexity index is 379. The van der Waals surface area contributed by atoms with Crippen molar-refractivity contribution in [3.63, 3.8) is 0 Å². The third kappa shape index (κ3) is 4.52. The van der Waals surface area contributed by atoms with Crippen molar-refractivity contribution in [3.05, 3.63) is 29.8 Å². The van der Waals surface area contributed by atoms with Gasteiger partial charge in [0.25, 0.3) is 0 Å². The summed E-state index contributed by atoms with van der Waals surface area (Å²) in [6, 6.07) is 9.12. The number of hydrogen-bond acceptors (Lipinski definition) is 2. The second-order valence-electron chi connectivity index (χ2n) is 6.38. The summed E-state index contributed by atoms with van der Waals surface area (Å²) in [5.41, 5.74) is 1.38. The molecule has 0 amide bonds. The minimum Gasteiger partial charge on any atom is -0.497 e. The molecular formula is C18H29NO. The summed E-state index contributed by atoms with van der Waals surface area (Å²) in [4.78, 5) is 2.62. The zero-order chi connectivity index (χ0) is 14.4. The molecule has 1 aromatic rings. The van der Waals surface area contributed by atoms with E-state index in [0.717, 1.165) is 18.2 Å². The van der Waals surface area contributed by atoms with Gasteiger partial charge in [0, 0.05) is 19.1 Å². The van der Waals surface area contributed by atoms with Gasteiger partial charge in [-0.15, -0.1) is 0 Å². The molecule has 0 spiro atoms. The van der Waals surface area contributed by atoms with Gasteiger partial charge in [-0.1, -0.05) is 31.4 Å². The SMILES string of the molecule is COc1ccc(CN(CC2CCCCC2)C(C)C)cc1. The van der Waals surface area contributed by atoms with Crippen LogP contribution in [0, 0.1) is 5.92 Å². The summed E-state index contributed by atoms with van der Waals surface area (Å²) in [5.74, 6) is 1.85. The molecule has 0 atom stereocenters. The largest absolute Gasteiger partial charge is 0.497 e. The van der Waals surface area contributed by atoms with Gasteiger partial charge in [-0.3, -0.25) is 4.90 Å². The van der Waals surface area contributed by atoms with Gasteiger partial charge in [0.15, 0.2) is 0 Å². The van der Waals surface area contributed by atoms with Crippen LogP contribution in [0.3, 0.4) is 0 Å². The van der Waals surface area contributed by atoms with E-state index < -0.39 is 0 Å². The number of methoxy groups -OCH3 is 1. The monoisotopic (exact) mass is 275 g/mol. The molecule has 0 N–H and O–H groups in total. The maximum atomic E-state index is 5.23. The highest BCUT2D eigenvalue weighted by Crippen LogP contribution is 2.25. The summed E-state index contributed by atoms with van der Waals surface area (Å²) in [6.07, 6.45) is 7.15. The van der Waals surface area contributed by atoms with E-state index in [1.807, 2.05) is 0 Å². The molecule has 2 nitrogen and oxygen atoms in total. The lowest BCUT2D eigenvalue weighted by atomic mass is 9.88. The van der Waals surface area contributed by atoms with Crippen LogP contribution in [0.4, 0.5) is 0 Å². The Kier molecular flexibility index (Phi) is 5.90.